The van der Waals surface area contributed by atoms with E-state index in [2.05, 4.69) is 43.4 Å². The summed E-state index contributed by atoms with van der Waals surface area (Å²) in [6, 6.07) is 12.9. The van der Waals surface area contributed by atoms with Crippen LogP contribution in [0.4, 0.5) is 0 Å². The van der Waals surface area contributed by atoms with Gasteiger partial charge in [0.25, 0.3) is 0 Å². The molecule has 1 unspecified atom stereocenters. The van der Waals surface area contributed by atoms with Crippen LogP contribution in [0.15, 0.2) is 47.1 Å². The second-order valence-corrected chi connectivity index (χ2v) is 4.52. The molecule has 0 aliphatic carbocycles. The summed E-state index contributed by atoms with van der Waals surface area (Å²) >= 11 is 0. The van der Waals surface area contributed by atoms with E-state index in [0.29, 0.717) is 6.04 Å². The molecule has 0 fully saturated rings. The molecule has 0 bridgehead atoms. The van der Waals surface area contributed by atoms with Crippen LogP contribution in [-0.4, -0.2) is 6.54 Å². The van der Waals surface area contributed by atoms with Gasteiger partial charge in [-0.15, -0.1) is 0 Å². The number of rotatable bonds is 6. The van der Waals surface area contributed by atoms with Crippen molar-refractivity contribution in [3.63, 3.8) is 0 Å². The van der Waals surface area contributed by atoms with Gasteiger partial charge >= 0.3 is 0 Å². The van der Waals surface area contributed by atoms with Crippen LogP contribution in [0.2, 0.25) is 0 Å². The van der Waals surface area contributed by atoms with Gasteiger partial charge in [0.05, 0.1) is 6.26 Å². The standard InChI is InChI=1S/C16H21NO/c1-3-10-17-15(4-2)13-7-5-8-14(12-13)16-9-6-11-18-16/h5-9,11-12,15,17H,3-4,10H2,1-2H3. The molecule has 0 aliphatic heterocycles. The van der Waals surface area contributed by atoms with Gasteiger partial charge in [0.15, 0.2) is 0 Å². The summed E-state index contributed by atoms with van der Waals surface area (Å²) in [5.41, 5.74) is 2.48. The summed E-state index contributed by atoms with van der Waals surface area (Å²) in [6.07, 6.45) is 3.98. The fraction of sp³-hybridized carbons (Fsp3) is 0.375. The van der Waals surface area contributed by atoms with Crippen molar-refractivity contribution in [2.24, 2.45) is 0 Å². The zero-order chi connectivity index (χ0) is 12.8. The zero-order valence-corrected chi connectivity index (χ0v) is 11.1. The van der Waals surface area contributed by atoms with Gasteiger partial charge in [0.1, 0.15) is 5.76 Å². The molecule has 2 aromatic rings. The van der Waals surface area contributed by atoms with Gasteiger partial charge in [-0.1, -0.05) is 32.0 Å². The highest BCUT2D eigenvalue weighted by Crippen LogP contribution is 2.24. The Morgan fingerprint density at radius 2 is 2.06 bits per heavy atom. The van der Waals surface area contributed by atoms with E-state index < -0.39 is 0 Å². The van der Waals surface area contributed by atoms with Crippen molar-refractivity contribution in [2.75, 3.05) is 6.54 Å². The Kier molecular flexibility index (Phi) is 4.59. The fourth-order valence-corrected chi connectivity index (χ4v) is 2.17. The van der Waals surface area contributed by atoms with Crippen molar-refractivity contribution in [3.8, 4) is 11.3 Å². The summed E-state index contributed by atoms with van der Waals surface area (Å²) in [5.74, 6) is 0.933. The quantitative estimate of drug-likeness (QED) is 0.813. The van der Waals surface area contributed by atoms with Crippen LogP contribution in [0.3, 0.4) is 0 Å². The molecule has 18 heavy (non-hydrogen) atoms. The van der Waals surface area contributed by atoms with E-state index >= 15 is 0 Å². The lowest BCUT2D eigenvalue weighted by Crippen LogP contribution is -2.21. The first-order valence-corrected chi connectivity index (χ1v) is 6.72. The van der Waals surface area contributed by atoms with Crippen molar-refractivity contribution in [3.05, 3.63) is 48.2 Å². The molecule has 0 saturated carbocycles. The van der Waals surface area contributed by atoms with Crippen LogP contribution in [0, 0.1) is 0 Å². The largest absolute Gasteiger partial charge is 0.464 e. The Bertz CT molecular complexity index is 462. The molecular formula is C16H21NO. The summed E-state index contributed by atoms with van der Waals surface area (Å²) in [7, 11) is 0. The normalized spacial score (nSPS) is 12.6. The summed E-state index contributed by atoms with van der Waals surface area (Å²) < 4.78 is 5.45. The number of nitrogens with one attached hydrogen (secondary N) is 1. The van der Waals surface area contributed by atoms with Crippen LogP contribution in [0.25, 0.3) is 11.3 Å². The molecule has 0 spiro atoms. The van der Waals surface area contributed by atoms with E-state index in [9.17, 15) is 0 Å². The van der Waals surface area contributed by atoms with Gasteiger partial charge < -0.3 is 9.73 Å². The first kappa shape index (κ1) is 12.9. The number of hydrogen-bond donors (Lipinski definition) is 1. The van der Waals surface area contributed by atoms with Crippen LogP contribution in [0.5, 0.6) is 0 Å². The third-order valence-corrected chi connectivity index (χ3v) is 3.14. The molecule has 1 aromatic carbocycles. The zero-order valence-electron chi connectivity index (χ0n) is 11.1. The first-order valence-electron chi connectivity index (χ1n) is 6.72. The van der Waals surface area contributed by atoms with E-state index in [1.165, 1.54) is 5.56 Å². The minimum Gasteiger partial charge on any atom is -0.464 e. The van der Waals surface area contributed by atoms with E-state index in [4.69, 9.17) is 4.42 Å². The molecule has 2 heteroatoms. The lowest BCUT2D eigenvalue weighted by molar-refractivity contribution is 0.518. The van der Waals surface area contributed by atoms with E-state index in [1.54, 1.807) is 6.26 Å². The van der Waals surface area contributed by atoms with Crippen molar-refractivity contribution < 1.29 is 4.42 Å². The molecule has 2 rings (SSSR count). The molecule has 1 aromatic heterocycles. The van der Waals surface area contributed by atoms with Crippen LogP contribution in [-0.2, 0) is 0 Å². The lowest BCUT2D eigenvalue weighted by atomic mass is 10.0. The molecule has 1 N–H and O–H groups in total. The minimum atomic E-state index is 0.430. The molecule has 0 radical (unpaired) electrons. The van der Waals surface area contributed by atoms with Crippen molar-refractivity contribution >= 4 is 0 Å². The van der Waals surface area contributed by atoms with Gasteiger partial charge in [-0.25, -0.2) is 0 Å². The maximum atomic E-state index is 5.45. The smallest absolute Gasteiger partial charge is 0.133 e. The van der Waals surface area contributed by atoms with Crippen LogP contribution < -0.4 is 5.32 Å². The Labute approximate surface area is 109 Å². The van der Waals surface area contributed by atoms with Gasteiger partial charge in [-0.05, 0) is 43.1 Å². The fourth-order valence-electron chi connectivity index (χ4n) is 2.17. The topological polar surface area (TPSA) is 25.2 Å². The molecule has 1 atom stereocenters. The second kappa shape index (κ2) is 6.41. The predicted molar refractivity (Wildman–Crippen MR) is 75.5 cm³/mol. The Balaban J connectivity index is 2.20. The molecule has 96 valence electrons. The van der Waals surface area contributed by atoms with Crippen LogP contribution in [0.1, 0.15) is 38.3 Å². The monoisotopic (exact) mass is 243 g/mol. The molecular weight excluding hydrogens is 222 g/mol. The number of hydrogen-bond acceptors (Lipinski definition) is 2. The highest BCUT2D eigenvalue weighted by molar-refractivity contribution is 5.58. The van der Waals surface area contributed by atoms with E-state index in [0.717, 1.165) is 30.7 Å². The molecule has 0 amide bonds. The number of benzene rings is 1. The maximum Gasteiger partial charge on any atom is 0.133 e. The maximum absolute atomic E-state index is 5.45. The Hall–Kier alpha value is -1.54. The summed E-state index contributed by atoms with van der Waals surface area (Å²) in [6.45, 7) is 5.47. The first-order chi connectivity index (χ1) is 8.85. The van der Waals surface area contributed by atoms with Gasteiger partial charge in [-0.3, -0.25) is 0 Å². The van der Waals surface area contributed by atoms with Crippen LogP contribution >= 0.6 is 0 Å². The SMILES string of the molecule is CCCNC(CC)c1cccc(-c2ccco2)c1. The molecule has 2 nitrogen and oxygen atoms in total. The molecule has 1 heterocycles. The summed E-state index contributed by atoms with van der Waals surface area (Å²) in [4.78, 5) is 0. The third-order valence-electron chi connectivity index (χ3n) is 3.14. The van der Waals surface area contributed by atoms with Crippen molar-refractivity contribution in [2.45, 2.75) is 32.7 Å². The Morgan fingerprint density at radius 3 is 2.72 bits per heavy atom. The highest BCUT2D eigenvalue weighted by atomic mass is 16.3. The predicted octanol–water partition coefficient (Wildman–Crippen LogP) is 4.40. The molecule has 0 saturated heterocycles. The summed E-state index contributed by atoms with van der Waals surface area (Å²) in [5, 5.41) is 3.58. The van der Waals surface area contributed by atoms with Crippen molar-refractivity contribution in [1.82, 2.24) is 5.32 Å². The minimum absolute atomic E-state index is 0.430. The average Bonchev–Trinajstić information content (AvgIpc) is 2.94. The van der Waals surface area contributed by atoms with E-state index in [1.807, 2.05) is 12.1 Å². The average molecular weight is 243 g/mol. The van der Waals surface area contributed by atoms with E-state index in [-0.39, 0.29) is 0 Å². The Morgan fingerprint density at radius 1 is 1.17 bits per heavy atom. The second-order valence-electron chi connectivity index (χ2n) is 4.52. The van der Waals surface area contributed by atoms with Gasteiger partial charge in [0.2, 0.25) is 0 Å². The highest BCUT2D eigenvalue weighted by Gasteiger charge is 2.09. The van der Waals surface area contributed by atoms with Crippen molar-refractivity contribution in [1.29, 1.82) is 0 Å². The third kappa shape index (κ3) is 3.02. The number of furan rings is 1. The van der Waals surface area contributed by atoms with Gasteiger partial charge in [0, 0.05) is 11.6 Å². The molecule has 0 aliphatic rings. The lowest BCUT2D eigenvalue weighted by Gasteiger charge is -2.17. The van der Waals surface area contributed by atoms with Gasteiger partial charge in [-0.2, -0.15) is 0 Å².